The monoisotopic (exact) mass is 211 g/mol. The van der Waals surface area contributed by atoms with Crippen molar-refractivity contribution in [3.8, 4) is 0 Å². The van der Waals surface area contributed by atoms with Gasteiger partial charge in [0.2, 0.25) is 0 Å². The molecule has 0 fully saturated rings. The molecule has 0 aliphatic rings. The largest absolute Gasteiger partial charge is 0.394 e. The molecule has 0 radical (unpaired) electrons. The highest BCUT2D eigenvalue weighted by Crippen LogP contribution is 2.17. The molecule has 0 saturated carbocycles. The van der Waals surface area contributed by atoms with Crippen molar-refractivity contribution in [2.45, 2.75) is 32.4 Å². The molecule has 3 heteroatoms. The lowest BCUT2D eigenvalue weighted by atomic mass is 10.1. The van der Waals surface area contributed by atoms with Gasteiger partial charge in [0.15, 0.2) is 0 Å². The second-order valence-electron chi connectivity index (χ2n) is 3.73. The number of aliphatic hydroxyl groups excluding tert-OH is 1. The summed E-state index contributed by atoms with van der Waals surface area (Å²) in [5.74, 6) is -0.271. The van der Waals surface area contributed by atoms with E-state index in [0.29, 0.717) is 5.56 Å². The fraction of sp³-hybridized carbons (Fsp3) is 0.500. The minimum atomic E-state index is -0.318. The second-order valence-corrected chi connectivity index (χ2v) is 3.73. The molecule has 84 valence electrons. The molecule has 0 aromatic heterocycles. The highest BCUT2D eigenvalue weighted by atomic mass is 19.1. The molecule has 0 heterocycles. The van der Waals surface area contributed by atoms with E-state index in [9.17, 15) is 9.50 Å². The summed E-state index contributed by atoms with van der Waals surface area (Å²) >= 11 is 0. The van der Waals surface area contributed by atoms with E-state index >= 15 is 0 Å². The highest BCUT2D eigenvalue weighted by molar-refractivity contribution is 5.21. The lowest BCUT2D eigenvalue weighted by Crippen LogP contribution is -2.32. The molecule has 2 unspecified atom stereocenters. The average molecular weight is 211 g/mol. The van der Waals surface area contributed by atoms with Crippen LogP contribution in [0, 0.1) is 5.82 Å². The summed E-state index contributed by atoms with van der Waals surface area (Å²) in [6, 6.07) is 6.49. The molecule has 2 atom stereocenters. The second kappa shape index (κ2) is 5.83. The fourth-order valence-electron chi connectivity index (χ4n) is 1.46. The van der Waals surface area contributed by atoms with Crippen LogP contribution in [0.15, 0.2) is 24.3 Å². The van der Waals surface area contributed by atoms with Gasteiger partial charge >= 0.3 is 0 Å². The molecule has 0 spiro atoms. The number of aliphatic hydroxyl groups is 1. The molecular formula is C12H18FNO. The van der Waals surface area contributed by atoms with E-state index in [2.05, 4.69) is 5.32 Å². The zero-order valence-corrected chi connectivity index (χ0v) is 9.20. The molecule has 15 heavy (non-hydrogen) atoms. The number of halogens is 1. The molecule has 0 bridgehead atoms. The van der Waals surface area contributed by atoms with Crippen molar-refractivity contribution in [1.82, 2.24) is 5.32 Å². The third kappa shape index (κ3) is 3.29. The maximum atomic E-state index is 13.4. The zero-order valence-electron chi connectivity index (χ0n) is 9.20. The van der Waals surface area contributed by atoms with E-state index in [4.69, 9.17) is 0 Å². The molecule has 0 amide bonds. The van der Waals surface area contributed by atoms with Gasteiger partial charge in [-0.1, -0.05) is 25.1 Å². The first-order chi connectivity index (χ1) is 7.19. The van der Waals surface area contributed by atoms with E-state index < -0.39 is 0 Å². The molecule has 0 aliphatic heterocycles. The van der Waals surface area contributed by atoms with Gasteiger partial charge in [-0.15, -0.1) is 0 Å². The minimum Gasteiger partial charge on any atom is -0.394 e. The van der Waals surface area contributed by atoms with Gasteiger partial charge < -0.3 is 10.4 Å². The lowest BCUT2D eigenvalue weighted by molar-refractivity contribution is 0.231. The summed E-state index contributed by atoms with van der Waals surface area (Å²) in [6.45, 7) is 3.97. The Morgan fingerprint density at radius 3 is 2.60 bits per heavy atom. The Morgan fingerprint density at radius 2 is 2.07 bits per heavy atom. The highest BCUT2D eigenvalue weighted by Gasteiger charge is 2.15. The van der Waals surface area contributed by atoms with Gasteiger partial charge in [-0.2, -0.15) is 0 Å². The van der Waals surface area contributed by atoms with Crippen molar-refractivity contribution >= 4 is 0 Å². The smallest absolute Gasteiger partial charge is 0.128 e. The minimum absolute atomic E-state index is 0.0920. The van der Waals surface area contributed by atoms with Gasteiger partial charge in [0.05, 0.1) is 12.6 Å². The summed E-state index contributed by atoms with van der Waals surface area (Å²) in [5, 5.41) is 12.4. The van der Waals surface area contributed by atoms with Crippen molar-refractivity contribution in [3.63, 3.8) is 0 Å². The lowest BCUT2D eigenvalue weighted by Gasteiger charge is -2.21. The first-order valence-corrected chi connectivity index (χ1v) is 5.30. The van der Waals surface area contributed by atoms with Crippen LogP contribution < -0.4 is 5.32 Å². The van der Waals surface area contributed by atoms with Gasteiger partial charge in [-0.05, 0) is 19.4 Å². The number of hydrogen-bond donors (Lipinski definition) is 2. The Balaban J connectivity index is 2.78. The van der Waals surface area contributed by atoms with Gasteiger partial charge in [0.25, 0.3) is 0 Å². The van der Waals surface area contributed by atoms with Crippen LogP contribution in [0.3, 0.4) is 0 Å². The predicted molar refractivity (Wildman–Crippen MR) is 59.1 cm³/mol. The Kier molecular flexibility index (Phi) is 4.72. The summed E-state index contributed by atoms with van der Waals surface area (Å²) in [4.78, 5) is 0. The first-order valence-electron chi connectivity index (χ1n) is 5.30. The van der Waals surface area contributed by atoms with Crippen LogP contribution in [-0.4, -0.2) is 17.8 Å². The van der Waals surface area contributed by atoms with Crippen LogP contribution in [0.2, 0.25) is 0 Å². The topological polar surface area (TPSA) is 32.3 Å². The van der Waals surface area contributed by atoms with Crippen LogP contribution in [-0.2, 0) is 0 Å². The van der Waals surface area contributed by atoms with E-state index in [0.717, 1.165) is 6.42 Å². The summed E-state index contributed by atoms with van der Waals surface area (Å²) < 4.78 is 13.4. The van der Waals surface area contributed by atoms with Gasteiger partial charge in [-0.3, -0.25) is 0 Å². The van der Waals surface area contributed by atoms with E-state index in [1.807, 2.05) is 13.8 Å². The number of nitrogens with one attached hydrogen (secondary N) is 1. The Hall–Kier alpha value is -0.930. The molecule has 2 N–H and O–H groups in total. The predicted octanol–water partition coefficient (Wildman–Crippen LogP) is 2.25. The van der Waals surface area contributed by atoms with Gasteiger partial charge in [0.1, 0.15) is 5.82 Å². The zero-order chi connectivity index (χ0) is 11.3. The van der Waals surface area contributed by atoms with Crippen LogP contribution >= 0.6 is 0 Å². The third-order valence-electron chi connectivity index (χ3n) is 2.56. The van der Waals surface area contributed by atoms with Crippen LogP contribution in [0.4, 0.5) is 4.39 Å². The van der Waals surface area contributed by atoms with E-state index in [1.54, 1.807) is 18.2 Å². The number of benzene rings is 1. The standard InChI is InChI=1S/C12H18FNO/c1-3-9(2)14-12(8-15)10-6-4-5-7-11(10)13/h4-7,9,12,14-15H,3,8H2,1-2H3. The molecule has 1 aromatic rings. The maximum Gasteiger partial charge on any atom is 0.128 e. The summed E-state index contributed by atoms with van der Waals surface area (Å²) in [7, 11) is 0. The maximum absolute atomic E-state index is 13.4. The van der Waals surface area contributed by atoms with E-state index in [1.165, 1.54) is 6.07 Å². The summed E-state index contributed by atoms with van der Waals surface area (Å²) in [6.07, 6.45) is 0.949. The van der Waals surface area contributed by atoms with Crippen molar-refractivity contribution in [1.29, 1.82) is 0 Å². The fourth-order valence-corrected chi connectivity index (χ4v) is 1.46. The average Bonchev–Trinajstić information content (AvgIpc) is 2.26. The summed E-state index contributed by atoms with van der Waals surface area (Å²) in [5.41, 5.74) is 0.528. The third-order valence-corrected chi connectivity index (χ3v) is 2.56. The van der Waals surface area contributed by atoms with Crippen molar-refractivity contribution < 1.29 is 9.50 Å². The van der Waals surface area contributed by atoms with Crippen LogP contribution in [0.1, 0.15) is 31.9 Å². The molecule has 1 rings (SSSR count). The number of rotatable bonds is 5. The van der Waals surface area contributed by atoms with Gasteiger partial charge in [-0.25, -0.2) is 4.39 Å². The molecule has 1 aromatic carbocycles. The normalized spacial score (nSPS) is 14.9. The van der Waals surface area contributed by atoms with Crippen LogP contribution in [0.5, 0.6) is 0 Å². The first kappa shape index (κ1) is 12.1. The molecule has 0 saturated heterocycles. The molecule has 0 aliphatic carbocycles. The Morgan fingerprint density at radius 1 is 1.40 bits per heavy atom. The van der Waals surface area contributed by atoms with Crippen molar-refractivity contribution in [2.75, 3.05) is 6.61 Å². The molecule has 2 nitrogen and oxygen atoms in total. The quantitative estimate of drug-likeness (QED) is 0.783. The van der Waals surface area contributed by atoms with Gasteiger partial charge in [0, 0.05) is 11.6 Å². The van der Waals surface area contributed by atoms with Crippen LogP contribution in [0.25, 0.3) is 0 Å². The number of hydrogen-bond acceptors (Lipinski definition) is 2. The Labute approximate surface area is 90.1 Å². The Bertz CT molecular complexity index is 303. The van der Waals surface area contributed by atoms with E-state index in [-0.39, 0.29) is 24.5 Å². The SMILES string of the molecule is CCC(C)NC(CO)c1ccccc1F. The van der Waals surface area contributed by atoms with Crippen molar-refractivity contribution in [2.24, 2.45) is 0 Å². The van der Waals surface area contributed by atoms with Crippen molar-refractivity contribution in [3.05, 3.63) is 35.6 Å². The molecular weight excluding hydrogens is 193 g/mol.